The maximum absolute atomic E-state index is 4.95. The zero-order chi connectivity index (χ0) is 12.5. The molecule has 0 amide bonds. The van der Waals surface area contributed by atoms with Crippen LogP contribution in [0.5, 0.6) is 0 Å². The van der Waals surface area contributed by atoms with Crippen molar-refractivity contribution in [1.29, 1.82) is 0 Å². The van der Waals surface area contributed by atoms with E-state index in [1.807, 2.05) is 6.20 Å². The molecule has 0 atom stereocenters. The highest BCUT2D eigenvalue weighted by Gasteiger charge is 2.17. The third-order valence-corrected chi connectivity index (χ3v) is 4.26. The molecule has 2 N–H and O–H groups in total. The molecule has 0 spiro atoms. The number of H-pyrrole nitrogens is 2. The molecule has 8 heteroatoms. The van der Waals surface area contributed by atoms with Gasteiger partial charge in [0.15, 0.2) is 11.0 Å². The molecule has 1 fully saturated rings. The maximum Gasteiger partial charge on any atom is 0.213 e. The first kappa shape index (κ1) is 11.8. The van der Waals surface area contributed by atoms with E-state index < -0.39 is 0 Å². The van der Waals surface area contributed by atoms with E-state index in [1.165, 1.54) is 0 Å². The second-order valence-electron chi connectivity index (χ2n) is 4.31. The minimum Gasteiger partial charge on any atom is -0.346 e. The Balaban J connectivity index is 1.79. The van der Waals surface area contributed by atoms with E-state index in [1.54, 1.807) is 11.3 Å². The molecule has 2 aromatic heterocycles. The average molecular weight is 282 g/mol. The van der Waals surface area contributed by atoms with Gasteiger partial charge in [-0.15, -0.1) is 0 Å². The Bertz CT molecular complexity index is 577. The van der Waals surface area contributed by atoms with Crippen molar-refractivity contribution < 1.29 is 0 Å². The van der Waals surface area contributed by atoms with Crippen LogP contribution in [0.3, 0.4) is 0 Å². The summed E-state index contributed by atoms with van der Waals surface area (Å²) >= 11 is 6.59. The Hall–Kier alpha value is -1.25. The van der Waals surface area contributed by atoms with Crippen molar-refractivity contribution in [2.45, 2.75) is 0 Å². The van der Waals surface area contributed by atoms with Gasteiger partial charge in [0, 0.05) is 26.2 Å². The van der Waals surface area contributed by atoms with Crippen LogP contribution < -0.4 is 4.90 Å². The molecular formula is C10H14N6S2. The number of nitrogens with one attached hydrogen (secondary N) is 2. The number of aromatic nitrogens is 4. The van der Waals surface area contributed by atoms with Crippen molar-refractivity contribution in [2.24, 2.45) is 0 Å². The number of rotatable bonds is 2. The van der Waals surface area contributed by atoms with Crippen LogP contribution >= 0.6 is 23.6 Å². The molecule has 0 aromatic carbocycles. The van der Waals surface area contributed by atoms with E-state index in [0.29, 0.717) is 4.77 Å². The molecule has 0 radical (unpaired) electrons. The fourth-order valence-electron chi connectivity index (χ4n) is 1.91. The van der Waals surface area contributed by atoms with Crippen LogP contribution in [0.1, 0.15) is 0 Å². The lowest BCUT2D eigenvalue weighted by molar-refractivity contribution is 0.313. The summed E-state index contributed by atoms with van der Waals surface area (Å²) < 4.78 is 0.472. The molecule has 96 valence electrons. The van der Waals surface area contributed by atoms with E-state index in [2.05, 4.69) is 37.0 Å². The molecule has 2 aromatic rings. The quantitative estimate of drug-likeness (QED) is 0.814. The largest absolute Gasteiger partial charge is 0.346 e. The molecule has 0 aliphatic carbocycles. The summed E-state index contributed by atoms with van der Waals surface area (Å²) in [4.78, 5) is 14.3. The first-order chi connectivity index (χ1) is 8.72. The van der Waals surface area contributed by atoms with Crippen LogP contribution in [-0.2, 0) is 0 Å². The van der Waals surface area contributed by atoms with Gasteiger partial charge < -0.3 is 9.80 Å². The van der Waals surface area contributed by atoms with E-state index in [9.17, 15) is 0 Å². The van der Waals surface area contributed by atoms with Gasteiger partial charge in [0.2, 0.25) is 4.77 Å². The Morgan fingerprint density at radius 3 is 2.72 bits per heavy atom. The predicted octanol–water partition coefficient (Wildman–Crippen LogP) is 1.34. The van der Waals surface area contributed by atoms with Gasteiger partial charge in [0.05, 0.1) is 11.1 Å². The van der Waals surface area contributed by atoms with Gasteiger partial charge in [-0.25, -0.2) is 4.98 Å². The lowest BCUT2D eigenvalue weighted by Crippen LogP contribution is -2.44. The molecule has 1 aliphatic rings. The lowest BCUT2D eigenvalue weighted by Gasteiger charge is -2.32. The molecular weight excluding hydrogens is 268 g/mol. The van der Waals surface area contributed by atoms with Crippen molar-refractivity contribution in [2.75, 3.05) is 38.1 Å². The number of hydrogen-bond acceptors (Lipinski definition) is 6. The Morgan fingerprint density at radius 2 is 2.06 bits per heavy atom. The van der Waals surface area contributed by atoms with Crippen LogP contribution in [0.15, 0.2) is 6.20 Å². The fourth-order valence-corrected chi connectivity index (χ4v) is 2.96. The van der Waals surface area contributed by atoms with Crippen LogP contribution in [0.2, 0.25) is 0 Å². The summed E-state index contributed by atoms with van der Waals surface area (Å²) in [6.45, 7) is 4.22. The third-order valence-electron chi connectivity index (χ3n) is 3.00. The number of hydrogen-bond donors (Lipinski definition) is 2. The highest BCUT2D eigenvalue weighted by molar-refractivity contribution is 7.71. The highest BCUT2D eigenvalue weighted by Crippen LogP contribution is 2.29. The van der Waals surface area contributed by atoms with Gasteiger partial charge in [-0.05, 0) is 19.3 Å². The number of likely N-dealkylation sites (N-methyl/N-ethyl adjacent to an activating group) is 1. The van der Waals surface area contributed by atoms with E-state index in [4.69, 9.17) is 12.2 Å². The topological polar surface area (TPSA) is 63.8 Å². The van der Waals surface area contributed by atoms with Gasteiger partial charge in [0.25, 0.3) is 0 Å². The molecule has 0 saturated carbocycles. The average Bonchev–Trinajstić information content (AvgIpc) is 2.98. The van der Waals surface area contributed by atoms with Crippen molar-refractivity contribution in [3.63, 3.8) is 0 Å². The molecule has 3 rings (SSSR count). The number of anilines is 1. The van der Waals surface area contributed by atoms with Gasteiger partial charge in [0.1, 0.15) is 0 Å². The minimum atomic E-state index is 0.472. The predicted molar refractivity (Wildman–Crippen MR) is 74.6 cm³/mol. The molecule has 18 heavy (non-hydrogen) atoms. The Labute approximate surface area is 114 Å². The van der Waals surface area contributed by atoms with Crippen molar-refractivity contribution in [3.05, 3.63) is 11.0 Å². The molecule has 1 saturated heterocycles. The summed E-state index contributed by atoms with van der Waals surface area (Å²) in [6, 6.07) is 0. The lowest BCUT2D eigenvalue weighted by atomic mass is 10.3. The van der Waals surface area contributed by atoms with Crippen LogP contribution in [-0.4, -0.2) is 58.3 Å². The standard InChI is InChI=1S/C10H14N6S2/c1-15-2-4-16(5-3-15)10-11-6-7(18-10)8-12-9(17)14-13-8/h6H,2-5H2,1H3,(H2,12,13,14,17). The second kappa shape index (κ2) is 4.79. The van der Waals surface area contributed by atoms with Crippen LogP contribution in [0.25, 0.3) is 10.7 Å². The Kier molecular flexibility index (Phi) is 3.14. The first-order valence-electron chi connectivity index (χ1n) is 5.77. The monoisotopic (exact) mass is 282 g/mol. The Morgan fingerprint density at radius 1 is 1.28 bits per heavy atom. The molecule has 0 bridgehead atoms. The summed E-state index contributed by atoms with van der Waals surface area (Å²) in [5, 5.41) is 6.80. The van der Waals surface area contributed by atoms with E-state index in [-0.39, 0.29) is 0 Å². The van der Waals surface area contributed by atoms with Gasteiger partial charge in [-0.3, -0.25) is 10.2 Å². The summed E-state index contributed by atoms with van der Waals surface area (Å²) in [5.74, 6) is 0.762. The molecule has 6 nitrogen and oxygen atoms in total. The normalized spacial score (nSPS) is 17.3. The number of thiazole rings is 1. The fraction of sp³-hybridized carbons (Fsp3) is 0.500. The van der Waals surface area contributed by atoms with Crippen LogP contribution in [0.4, 0.5) is 5.13 Å². The van der Waals surface area contributed by atoms with Crippen molar-refractivity contribution in [1.82, 2.24) is 25.1 Å². The minimum absolute atomic E-state index is 0.472. The summed E-state index contributed by atoms with van der Waals surface area (Å²) in [7, 11) is 2.15. The maximum atomic E-state index is 4.95. The van der Waals surface area contributed by atoms with E-state index in [0.717, 1.165) is 42.0 Å². The zero-order valence-corrected chi connectivity index (χ0v) is 11.6. The van der Waals surface area contributed by atoms with Crippen LogP contribution in [0, 0.1) is 4.77 Å². The zero-order valence-electron chi connectivity index (χ0n) is 10.0. The number of nitrogens with zero attached hydrogens (tertiary/aromatic N) is 4. The third kappa shape index (κ3) is 2.31. The van der Waals surface area contributed by atoms with Crippen molar-refractivity contribution in [3.8, 4) is 10.7 Å². The number of aromatic amines is 2. The van der Waals surface area contributed by atoms with Crippen molar-refractivity contribution >= 4 is 28.7 Å². The van der Waals surface area contributed by atoms with E-state index >= 15 is 0 Å². The smallest absolute Gasteiger partial charge is 0.213 e. The first-order valence-corrected chi connectivity index (χ1v) is 6.99. The second-order valence-corrected chi connectivity index (χ2v) is 5.71. The highest BCUT2D eigenvalue weighted by atomic mass is 32.1. The van der Waals surface area contributed by atoms with Gasteiger partial charge >= 0.3 is 0 Å². The molecule has 3 heterocycles. The van der Waals surface area contributed by atoms with Gasteiger partial charge in [-0.1, -0.05) is 11.3 Å². The summed E-state index contributed by atoms with van der Waals surface area (Å²) in [5.41, 5.74) is 0. The van der Waals surface area contributed by atoms with Gasteiger partial charge in [-0.2, -0.15) is 4.98 Å². The molecule has 0 unspecified atom stereocenters. The molecule has 1 aliphatic heterocycles. The SMILES string of the molecule is CN1CCN(c2ncc(-c3nc(=S)[nH][nH]3)s2)CC1. The summed E-state index contributed by atoms with van der Waals surface area (Å²) in [6.07, 6.45) is 1.85. The number of piperazine rings is 1.